The molecule has 2 aliphatic rings. The Morgan fingerprint density at radius 3 is 2.52 bits per heavy atom. The lowest BCUT2D eigenvalue weighted by Gasteiger charge is -2.32. The molecular formula is C29H25ClFN9. The molecule has 7 heterocycles. The molecule has 0 radical (unpaired) electrons. The summed E-state index contributed by atoms with van der Waals surface area (Å²) < 4.78 is 16.4. The number of H-pyrrole nitrogens is 1. The zero-order valence-electron chi connectivity index (χ0n) is 21.6. The van der Waals surface area contributed by atoms with Crippen molar-refractivity contribution in [3.8, 4) is 33.6 Å². The van der Waals surface area contributed by atoms with Gasteiger partial charge < -0.3 is 4.90 Å². The van der Waals surface area contributed by atoms with Gasteiger partial charge in [0.1, 0.15) is 22.8 Å². The molecule has 2 saturated heterocycles. The minimum Gasteiger partial charge on any atom is -0.351 e. The Balaban J connectivity index is 0.00000264. The molecule has 0 amide bonds. The molecule has 0 unspecified atom stereocenters. The monoisotopic (exact) mass is 553 g/mol. The highest BCUT2D eigenvalue weighted by Gasteiger charge is 2.41. The first-order valence-corrected chi connectivity index (χ1v) is 13.0. The van der Waals surface area contributed by atoms with Crippen LogP contribution in [0.4, 0.5) is 10.2 Å². The molecule has 11 heteroatoms. The number of rotatable bonds is 4. The van der Waals surface area contributed by atoms with Gasteiger partial charge in [-0.05, 0) is 55.4 Å². The molecule has 1 N–H and O–H groups in total. The first kappa shape index (κ1) is 24.6. The maximum absolute atomic E-state index is 14.5. The lowest BCUT2D eigenvalue weighted by Crippen LogP contribution is -2.44. The molecule has 2 bridgehead atoms. The molecule has 2 atom stereocenters. The van der Waals surface area contributed by atoms with Crippen LogP contribution in [0.3, 0.4) is 0 Å². The Kier molecular flexibility index (Phi) is 5.76. The number of nitrogens with one attached hydrogen (secondary N) is 1. The van der Waals surface area contributed by atoms with E-state index >= 15 is 0 Å². The topological polar surface area (TPSA) is 91.1 Å². The molecule has 1 aromatic carbocycles. The number of pyridine rings is 2. The van der Waals surface area contributed by atoms with Gasteiger partial charge in [0.2, 0.25) is 0 Å². The van der Waals surface area contributed by atoms with E-state index in [1.54, 1.807) is 30.9 Å². The summed E-state index contributed by atoms with van der Waals surface area (Å²) in [5, 5.41) is 12.6. The van der Waals surface area contributed by atoms with E-state index in [-0.39, 0.29) is 18.2 Å². The van der Waals surface area contributed by atoms with Gasteiger partial charge in [0.05, 0.1) is 17.5 Å². The molecule has 5 aromatic heterocycles. The molecule has 200 valence electrons. The third kappa shape index (κ3) is 3.67. The number of likely N-dealkylation sites (N-methyl/N-ethyl adjacent to an activating group) is 1. The Labute approximate surface area is 235 Å². The van der Waals surface area contributed by atoms with Gasteiger partial charge in [-0.3, -0.25) is 15.0 Å². The van der Waals surface area contributed by atoms with Crippen molar-refractivity contribution in [1.82, 2.24) is 39.7 Å². The Bertz CT molecular complexity index is 1850. The molecule has 8 rings (SSSR count). The molecule has 0 saturated carbocycles. The number of hydrogen-bond donors (Lipinski definition) is 1. The average Bonchev–Trinajstić information content (AvgIpc) is 3.77. The Morgan fingerprint density at radius 1 is 0.900 bits per heavy atom. The maximum Gasteiger partial charge on any atom is 0.164 e. The van der Waals surface area contributed by atoms with E-state index in [1.807, 2.05) is 28.9 Å². The van der Waals surface area contributed by atoms with E-state index in [1.165, 1.54) is 12.5 Å². The van der Waals surface area contributed by atoms with Crippen LogP contribution < -0.4 is 4.90 Å². The van der Waals surface area contributed by atoms with Crippen LogP contribution in [0.5, 0.6) is 0 Å². The van der Waals surface area contributed by atoms with E-state index in [0.717, 1.165) is 52.5 Å². The summed E-state index contributed by atoms with van der Waals surface area (Å²) in [5.41, 5.74) is 6.05. The fraction of sp³-hybridized carbons (Fsp3) is 0.207. The molecule has 0 spiro atoms. The summed E-state index contributed by atoms with van der Waals surface area (Å²) >= 11 is 0. The molecule has 0 aliphatic carbocycles. The number of fused-ring (bicyclic) bond motifs is 4. The van der Waals surface area contributed by atoms with E-state index in [9.17, 15) is 4.39 Å². The second-order valence-corrected chi connectivity index (χ2v) is 10.3. The van der Waals surface area contributed by atoms with Gasteiger partial charge in [-0.15, -0.1) is 12.4 Å². The van der Waals surface area contributed by atoms with Crippen LogP contribution in [0, 0.1) is 5.82 Å². The van der Waals surface area contributed by atoms with Gasteiger partial charge in [0, 0.05) is 66.5 Å². The highest BCUT2D eigenvalue weighted by atomic mass is 35.5. The number of hydrogen-bond acceptors (Lipinski definition) is 7. The highest BCUT2D eigenvalue weighted by molar-refractivity contribution is 6.03. The van der Waals surface area contributed by atoms with Crippen molar-refractivity contribution in [2.24, 2.45) is 0 Å². The largest absolute Gasteiger partial charge is 0.351 e. The van der Waals surface area contributed by atoms with Crippen molar-refractivity contribution in [2.45, 2.75) is 18.5 Å². The van der Waals surface area contributed by atoms with Crippen LogP contribution in [0.15, 0.2) is 73.4 Å². The number of aromatic amines is 1. The van der Waals surface area contributed by atoms with Crippen molar-refractivity contribution in [3.63, 3.8) is 0 Å². The van der Waals surface area contributed by atoms with Crippen LogP contribution in [-0.4, -0.2) is 71.9 Å². The number of halogens is 2. The van der Waals surface area contributed by atoms with Crippen LogP contribution in [-0.2, 0) is 0 Å². The average molecular weight is 554 g/mol. The number of aromatic nitrogens is 7. The van der Waals surface area contributed by atoms with Crippen molar-refractivity contribution in [3.05, 3.63) is 79.3 Å². The fourth-order valence-corrected chi connectivity index (χ4v) is 6.20. The van der Waals surface area contributed by atoms with Crippen LogP contribution in [0.2, 0.25) is 0 Å². The summed E-state index contributed by atoms with van der Waals surface area (Å²) in [6.07, 6.45) is 10.0. The van der Waals surface area contributed by atoms with E-state index in [4.69, 9.17) is 15.1 Å². The second-order valence-electron chi connectivity index (χ2n) is 10.3. The van der Waals surface area contributed by atoms with Crippen molar-refractivity contribution in [2.75, 3.05) is 25.0 Å². The lowest BCUT2D eigenvalue weighted by molar-refractivity contribution is 0.292. The summed E-state index contributed by atoms with van der Waals surface area (Å²) in [6, 6.07) is 14.3. The van der Waals surface area contributed by atoms with Crippen molar-refractivity contribution >= 4 is 34.8 Å². The number of nitrogens with zero attached hydrogens (tertiary/aromatic N) is 8. The van der Waals surface area contributed by atoms with E-state index in [2.05, 4.69) is 44.2 Å². The minimum atomic E-state index is -0.356. The lowest BCUT2D eigenvalue weighted by atomic mass is 9.98. The zero-order valence-corrected chi connectivity index (χ0v) is 22.4. The smallest absolute Gasteiger partial charge is 0.164 e. The second kappa shape index (κ2) is 9.35. The van der Waals surface area contributed by atoms with Crippen LogP contribution >= 0.6 is 12.4 Å². The third-order valence-corrected chi connectivity index (χ3v) is 8.16. The van der Waals surface area contributed by atoms with Crippen LogP contribution in [0.1, 0.15) is 6.42 Å². The normalized spacial score (nSPS) is 18.6. The Hall–Kier alpha value is -4.41. The van der Waals surface area contributed by atoms with Gasteiger partial charge in [-0.25, -0.2) is 18.9 Å². The number of anilines is 1. The van der Waals surface area contributed by atoms with Crippen LogP contribution in [0.25, 0.3) is 50.2 Å². The minimum absolute atomic E-state index is 0. The van der Waals surface area contributed by atoms with Crippen molar-refractivity contribution < 1.29 is 4.39 Å². The van der Waals surface area contributed by atoms with Gasteiger partial charge in [0.25, 0.3) is 0 Å². The van der Waals surface area contributed by atoms with E-state index in [0.29, 0.717) is 28.6 Å². The molecular weight excluding hydrogens is 529 g/mol. The predicted octanol–water partition coefficient (Wildman–Crippen LogP) is 4.85. The summed E-state index contributed by atoms with van der Waals surface area (Å²) in [4.78, 5) is 18.6. The summed E-state index contributed by atoms with van der Waals surface area (Å²) in [5.74, 6) is 0.655. The summed E-state index contributed by atoms with van der Waals surface area (Å²) in [7, 11) is 2.20. The van der Waals surface area contributed by atoms with E-state index < -0.39 is 0 Å². The standard InChI is InChI=1S/C29H24FN9.ClH/c1-37-15-20-12-19(37)16-38(20)25-5-2-18(13-33-25)24-8-11-32-29-26(21-3-4-23(30)28-22(21)14-34-35-28)27(36-39(24)29)17-6-9-31-10-7-17;/h2-11,13-14,19-20H,12,15-16H2,1H3,(H,34,35);1H/t19-,20-;/m0./s1. The zero-order chi connectivity index (χ0) is 26.1. The fourth-order valence-electron chi connectivity index (χ4n) is 6.20. The summed E-state index contributed by atoms with van der Waals surface area (Å²) in [6.45, 7) is 2.10. The van der Waals surface area contributed by atoms with Gasteiger partial charge in [-0.2, -0.15) is 10.2 Å². The first-order chi connectivity index (χ1) is 19.2. The highest BCUT2D eigenvalue weighted by Crippen LogP contribution is 2.40. The number of benzene rings is 1. The predicted molar refractivity (Wildman–Crippen MR) is 154 cm³/mol. The molecule has 40 heavy (non-hydrogen) atoms. The first-order valence-electron chi connectivity index (χ1n) is 13.0. The SMILES string of the molecule is CN1C[C@@H]2C[C@H]1CN2c1ccc(-c2ccnc3c(-c4ccc(F)c5[nH]ncc45)c(-c4ccncc4)nn23)cn1.Cl. The number of piperazine rings is 1. The van der Waals surface area contributed by atoms with Gasteiger partial charge in [0.15, 0.2) is 5.65 Å². The quantitative estimate of drug-likeness (QED) is 0.334. The molecule has 9 nitrogen and oxygen atoms in total. The molecule has 6 aromatic rings. The molecule has 2 fully saturated rings. The third-order valence-electron chi connectivity index (χ3n) is 8.16. The maximum atomic E-state index is 14.5. The van der Waals surface area contributed by atoms with Crippen molar-refractivity contribution in [1.29, 1.82) is 0 Å². The molecule has 2 aliphatic heterocycles. The van der Waals surface area contributed by atoms with Gasteiger partial charge >= 0.3 is 0 Å². The Morgan fingerprint density at radius 2 is 1.77 bits per heavy atom. The van der Waals surface area contributed by atoms with Gasteiger partial charge in [-0.1, -0.05) is 6.07 Å². The number of likely N-dealkylation sites (tertiary alicyclic amines) is 1.